The van der Waals surface area contributed by atoms with Gasteiger partial charge in [-0.15, -0.1) is 0 Å². The molecule has 0 aromatic heterocycles. The largest absolute Gasteiger partial charge is 0.370 e. The van der Waals surface area contributed by atoms with Gasteiger partial charge in [0.25, 0.3) is 0 Å². The first-order valence-corrected chi connectivity index (χ1v) is 8.05. The zero-order chi connectivity index (χ0) is 12.3. The highest BCUT2D eigenvalue weighted by molar-refractivity contribution is 7.85. The Kier molecular flexibility index (Phi) is 4.07. The van der Waals surface area contributed by atoms with Crippen LogP contribution in [0.2, 0.25) is 0 Å². The van der Waals surface area contributed by atoms with E-state index in [2.05, 4.69) is 10.3 Å². The number of nitrogens with zero attached hydrogens (tertiary/aromatic N) is 1. The molecule has 1 atom stereocenters. The van der Waals surface area contributed by atoms with Gasteiger partial charge in [-0.2, -0.15) is 0 Å². The Labute approximate surface area is 106 Å². The molecule has 3 N–H and O–H groups in total. The van der Waals surface area contributed by atoms with E-state index in [-0.39, 0.29) is 4.75 Å². The third-order valence-corrected chi connectivity index (χ3v) is 5.97. The van der Waals surface area contributed by atoms with Crippen LogP contribution in [-0.2, 0) is 10.8 Å². The molecule has 2 aliphatic carbocycles. The molecule has 0 amide bonds. The SMILES string of the molecule is CS(=O)C1(CN=C(N)NCC2CCC2)CCC1. The summed E-state index contributed by atoms with van der Waals surface area (Å²) in [5.41, 5.74) is 5.83. The minimum atomic E-state index is -0.792. The maximum Gasteiger partial charge on any atom is 0.188 e. The van der Waals surface area contributed by atoms with E-state index in [1.54, 1.807) is 6.26 Å². The minimum Gasteiger partial charge on any atom is -0.370 e. The fourth-order valence-electron chi connectivity index (χ4n) is 2.34. The van der Waals surface area contributed by atoms with Crippen molar-refractivity contribution in [3.05, 3.63) is 0 Å². The fraction of sp³-hybridized carbons (Fsp3) is 0.917. The van der Waals surface area contributed by atoms with Crippen molar-refractivity contribution in [1.29, 1.82) is 0 Å². The van der Waals surface area contributed by atoms with E-state index in [1.807, 2.05) is 0 Å². The van der Waals surface area contributed by atoms with Crippen molar-refractivity contribution in [2.45, 2.75) is 43.3 Å². The second kappa shape index (κ2) is 5.38. The van der Waals surface area contributed by atoms with Gasteiger partial charge in [0.05, 0.1) is 11.3 Å². The predicted molar refractivity (Wildman–Crippen MR) is 72.5 cm³/mol. The van der Waals surface area contributed by atoms with E-state index < -0.39 is 10.8 Å². The van der Waals surface area contributed by atoms with Crippen molar-refractivity contribution in [2.24, 2.45) is 16.6 Å². The zero-order valence-electron chi connectivity index (χ0n) is 10.6. The lowest BCUT2D eigenvalue weighted by Crippen LogP contribution is -2.45. The summed E-state index contributed by atoms with van der Waals surface area (Å²) in [5.74, 6) is 1.30. The van der Waals surface area contributed by atoms with Gasteiger partial charge in [0.2, 0.25) is 0 Å². The molecule has 2 fully saturated rings. The molecule has 2 aliphatic rings. The molecule has 2 saturated carbocycles. The monoisotopic (exact) mass is 257 g/mol. The van der Waals surface area contributed by atoms with Crippen LogP contribution in [0.5, 0.6) is 0 Å². The van der Waals surface area contributed by atoms with Gasteiger partial charge < -0.3 is 11.1 Å². The van der Waals surface area contributed by atoms with Gasteiger partial charge in [-0.05, 0) is 31.6 Å². The number of aliphatic imine (C=N–C) groups is 1. The molecule has 4 nitrogen and oxygen atoms in total. The van der Waals surface area contributed by atoms with E-state index in [0.717, 1.165) is 25.3 Å². The highest BCUT2D eigenvalue weighted by Crippen LogP contribution is 2.37. The lowest BCUT2D eigenvalue weighted by Gasteiger charge is -2.38. The third-order valence-electron chi connectivity index (χ3n) is 4.21. The molecule has 0 aromatic carbocycles. The van der Waals surface area contributed by atoms with Crippen molar-refractivity contribution in [3.8, 4) is 0 Å². The van der Waals surface area contributed by atoms with E-state index >= 15 is 0 Å². The molecule has 17 heavy (non-hydrogen) atoms. The van der Waals surface area contributed by atoms with Crippen molar-refractivity contribution in [1.82, 2.24) is 5.32 Å². The number of nitrogens with one attached hydrogen (secondary N) is 1. The Bertz CT molecular complexity index is 322. The molecule has 5 heteroatoms. The maximum absolute atomic E-state index is 11.7. The van der Waals surface area contributed by atoms with Crippen LogP contribution < -0.4 is 11.1 Å². The second-order valence-electron chi connectivity index (χ2n) is 5.37. The first-order chi connectivity index (χ1) is 8.12. The summed E-state index contributed by atoms with van der Waals surface area (Å²) >= 11 is 0. The van der Waals surface area contributed by atoms with Crippen LogP contribution in [0.1, 0.15) is 38.5 Å². The number of hydrogen-bond acceptors (Lipinski definition) is 2. The van der Waals surface area contributed by atoms with E-state index in [0.29, 0.717) is 12.5 Å². The molecule has 1 unspecified atom stereocenters. The quantitative estimate of drug-likeness (QED) is 0.570. The van der Waals surface area contributed by atoms with Crippen LogP contribution >= 0.6 is 0 Å². The topological polar surface area (TPSA) is 67.5 Å². The molecule has 98 valence electrons. The Balaban J connectivity index is 1.75. The number of rotatable bonds is 5. The van der Waals surface area contributed by atoms with Gasteiger partial charge >= 0.3 is 0 Å². The van der Waals surface area contributed by atoms with E-state index in [1.165, 1.54) is 25.7 Å². The molecule has 0 spiro atoms. The standard InChI is InChI=1S/C12H23N3OS/c1-17(16)12(6-3-7-12)9-15-11(13)14-8-10-4-2-5-10/h10H,2-9H2,1H3,(H3,13,14,15). The molecular formula is C12H23N3OS. The molecule has 0 aromatic rings. The average Bonchev–Trinajstić information content (AvgIpc) is 2.12. The predicted octanol–water partition coefficient (Wildman–Crippen LogP) is 0.992. The summed E-state index contributed by atoms with van der Waals surface area (Å²) in [6.45, 7) is 1.55. The maximum atomic E-state index is 11.7. The van der Waals surface area contributed by atoms with Crippen LogP contribution in [0.15, 0.2) is 4.99 Å². The van der Waals surface area contributed by atoms with Crippen LogP contribution in [0.25, 0.3) is 0 Å². The molecular weight excluding hydrogens is 234 g/mol. The van der Waals surface area contributed by atoms with Crippen LogP contribution in [0, 0.1) is 5.92 Å². The Morgan fingerprint density at radius 3 is 2.59 bits per heavy atom. The first kappa shape index (κ1) is 12.9. The van der Waals surface area contributed by atoms with Crippen molar-refractivity contribution < 1.29 is 4.21 Å². The Morgan fingerprint density at radius 1 is 1.47 bits per heavy atom. The Morgan fingerprint density at radius 2 is 2.18 bits per heavy atom. The van der Waals surface area contributed by atoms with Gasteiger partial charge in [0, 0.05) is 23.6 Å². The summed E-state index contributed by atoms with van der Waals surface area (Å²) in [5, 5.41) is 3.17. The van der Waals surface area contributed by atoms with Crippen molar-refractivity contribution in [3.63, 3.8) is 0 Å². The Hall–Kier alpha value is -0.580. The smallest absolute Gasteiger partial charge is 0.188 e. The summed E-state index contributed by atoms with van der Waals surface area (Å²) in [6.07, 6.45) is 8.97. The minimum absolute atomic E-state index is 0.0806. The molecule has 0 aliphatic heterocycles. The van der Waals surface area contributed by atoms with Crippen LogP contribution in [0.4, 0.5) is 0 Å². The molecule has 0 bridgehead atoms. The molecule has 0 saturated heterocycles. The van der Waals surface area contributed by atoms with Crippen molar-refractivity contribution in [2.75, 3.05) is 19.3 Å². The van der Waals surface area contributed by atoms with E-state index in [4.69, 9.17) is 5.73 Å². The van der Waals surface area contributed by atoms with Crippen LogP contribution in [0.3, 0.4) is 0 Å². The molecule has 2 rings (SSSR count). The third kappa shape index (κ3) is 3.00. The van der Waals surface area contributed by atoms with Gasteiger partial charge in [-0.3, -0.25) is 9.20 Å². The average molecular weight is 257 g/mol. The van der Waals surface area contributed by atoms with Gasteiger partial charge in [-0.1, -0.05) is 12.8 Å². The van der Waals surface area contributed by atoms with Gasteiger partial charge in [0.15, 0.2) is 5.96 Å². The van der Waals surface area contributed by atoms with E-state index in [9.17, 15) is 4.21 Å². The summed E-state index contributed by atoms with van der Waals surface area (Å²) < 4.78 is 11.6. The van der Waals surface area contributed by atoms with Gasteiger partial charge in [0.1, 0.15) is 0 Å². The number of nitrogens with two attached hydrogens (primary N) is 1. The fourth-order valence-corrected chi connectivity index (χ4v) is 3.45. The first-order valence-electron chi connectivity index (χ1n) is 6.50. The molecule has 0 heterocycles. The highest BCUT2D eigenvalue weighted by atomic mass is 32.2. The highest BCUT2D eigenvalue weighted by Gasteiger charge is 2.40. The van der Waals surface area contributed by atoms with Crippen LogP contribution in [-0.4, -0.2) is 34.3 Å². The summed E-state index contributed by atoms with van der Waals surface area (Å²) in [4.78, 5) is 4.36. The lowest BCUT2D eigenvalue weighted by atomic mass is 9.84. The normalized spacial score (nSPS) is 25.8. The summed E-state index contributed by atoms with van der Waals surface area (Å²) in [6, 6.07) is 0. The summed E-state index contributed by atoms with van der Waals surface area (Å²) in [7, 11) is -0.792. The second-order valence-corrected chi connectivity index (χ2v) is 7.14. The van der Waals surface area contributed by atoms with Gasteiger partial charge in [-0.25, -0.2) is 0 Å². The molecule has 0 radical (unpaired) electrons. The van der Waals surface area contributed by atoms with Crippen molar-refractivity contribution >= 4 is 16.8 Å². The lowest BCUT2D eigenvalue weighted by molar-refractivity contribution is 0.315. The number of hydrogen-bond donors (Lipinski definition) is 2. The zero-order valence-corrected chi connectivity index (χ0v) is 11.4. The number of guanidine groups is 1.